The molecule has 10 heteroatoms. The highest BCUT2D eigenvalue weighted by molar-refractivity contribution is 7.89. The maximum atomic E-state index is 13.2. The third-order valence-electron chi connectivity index (χ3n) is 4.83. The number of carbonyl (C=O) groups is 2. The minimum absolute atomic E-state index is 0.101. The molecule has 1 aliphatic rings. The van der Waals surface area contributed by atoms with Gasteiger partial charge in [0, 0.05) is 30.2 Å². The first kappa shape index (κ1) is 23.2. The highest BCUT2D eigenvalue weighted by Crippen LogP contribution is 2.36. The normalized spacial score (nSPS) is 16.5. The van der Waals surface area contributed by atoms with Crippen LogP contribution in [0.3, 0.4) is 0 Å². The van der Waals surface area contributed by atoms with Crippen molar-refractivity contribution in [3.63, 3.8) is 0 Å². The average molecular weight is 465 g/mol. The first-order chi connectivity index (χ1) is 14.4. The van der Waals surface area contributed by atoms with E-state index in [-0.39, 0.29) is 36.7 Å². The number of anilines is 2. The van der Waals surface area contributed by atoms with Crippen LogP contribution >= 0.6 is 11.3 Å². The van der Waals surface area contributed by atoms with Crippen LogP contribution in [0.2, 0.25) is 0 Å². The van der Waals surface area contributed by atoms with Gasteiger partial charge in [0.15, 0.2) is 0 Å². The minimum atomic E-state index is -3.37. The molecule has 3 rings (SSSR count). The number of benzene rings is 1. The third kappa shape index (κ3) is 6.05. The number of nitrogens with one attached hydrogen (secondary N) is 3. The summed E-state index contributed by atoms with van der Waals surface area (Å²) in [6.45, 7) is 8.58. The molecule has 0 radical (unpaired) electrons. The zero-order chi connectivity index (χ0) is 22.8. The number of urea groups is 1. The van der Waals surface area contributed by atoms with Gasteiger partial charge in [0.05, 0.1) is 11.3 Å². The van der Waals surface area contributed by atoms with E-state index in [4.69, 9.17) is 0 Å². The molecule has 168 valence electrons. The highest BCUT2D eigenvalue weighted by atomic mass is 32.2. The van der Waals surface area contributed by atoms with Crippen LogP contribution in [0.25, 0.3) is 0 Å². The van der Waals surface area contributed by atoms with Crippen LogP contribution in [0.5, 0.6) is 0 Å². The Hall–Kier alpha value is -2.43. The lowest BCUT2D eigenvalue weighted by Gasteiger charge is -2.19. The summed E-state index contributed by atoms with van der Waals surface area (Å²) in [5.41, 5.74) is 1.83. The molecule has 0 spiro atoms. The smallest absolute Gasteiger partial charge is 0.324 e. The van der Waals surface area contributed by atoms with Crippen LogP contribution in [0, 0.1) is 6.92 Å². The van der Waals surface area contributed by atoms with Crippen molar-refractivity contribution in [2.75, 3.05) is 36.0 Å². The molecular formula is C21H28N4O4S2. The highest BCUT2D eigenvalue weighted by Gasteiger charge is 2.28. The number of rotatable bonds is 3. The number of carbonyl (C=O) groups excluding carboxylic acids is 2. The van der Waals surface area contributed by atoms with E-state index in [2.05, 4.69) is 15.4 Å². The fraction of sp³-hybridized carbons (Fsp3) is 0.429. The Bertz CT molecular complexity index is 1090. The lowest BCUT2D eigenvalue weighted by molar-refractivity contribution is 0.0773. The second kappa shape index (κ2) is 8.97. The molecule has 3 amide bonds. The maximum Gasteiger partial charge on any atom is 0.324 e. The number of sulfonamides is 1. The molecule has 2 aromatic rings. The lowest BCUT2D eigenvalue weighted by atomic mass is 9.94. The number of hydrogen-bond acceptors (Lipinski definition) is 5. The topological polar surface area (TPSA) is 108 Å². The molecule has 0 saturated carbocycles. The molecule has 8 nitrogen and oxygen atoms in total. The van der Waals surface area contributed by atoms with Gasteiger partial charge in [0.1, 0.15) is 5.00 Å². The maximum absolute atomic E-state index is 13.2. The van der Waals surface area contributed by atoms with E-state index in [9.17, 15) is 18.0 Å². The predicted octanol–water partition coefficient (Wildman–Crippen LogP) is 3.37. The molecule has 1 aromatic heterocycles. The van der Waals surface area contributed by atoms with E-state index in [1.54, 1.807) is 12.1 Å². The van der Waals surface area contributed by atoms with Crippen molar-refractivity contribution in [2.24, 2.45) is 0 Å². The van der Waals surface area contributed by atoms with Crippen molar-refractivity contribution in [2.45, 2.75) is 33.1 Å². The Balaban J connectivity index is 1.84. The molecule has 1 saturated heterocycles. The van der Waals surface area contributed by atoms with Crippen molar-refractivity contribution >= 4 is 44.0 Å². The Morgan fingerprint density at radius 1 is 1.13 bits per heavy atom. The summed E-state index contributed by atoms with van der Waals surface area (Å²) >= 11 is 1.35. The SMILES string of the molecule is Cc1cccc(NC(=O)Nc2sc(C(C)(C)C)cc2C(=O)N2CCNS(=O)(=O)CC2)c1. The van der Waals surface area contributed by atoms with E-state index in [1.165, 1.54) is 16.2 Å². The second-order valence-electron chi connectivity index (χ2n) is 8.56. The Morgan fingerprint density at radius 3 is 2.55 bits per heavy atom. The van der Waals surface area contributed by atoms with Crippen molar-refractivity contribution in [3.8, 4) is 0 Å². The Morgan fingerprint density at radius 2 is 1.87 bits per heavy atom. The van der Waals surface area contributed by atoms with Crippen LogP contribution in [0.1, 0.15) is 41.6 Å². The van der Waals surface area contributed by atoms with E-state index in [1.807, 2.05) is 45.9 Å². The Labute approximate surface area is 187 Å². The van der Waals surface area contributed by atoms with Crippen LogP contribution in [0.15, 0.2) is 30.3 Å². The van der Waals surface area contributed by atoms with Crippen LogP contribution < -0.4 is 15.4 Å². The van der Waals surface area contributed by atoms with Crippen molar-refractivity contribution in [1.29, 1.82) is 0 Å². The molecule has 1 aliphatic heterocycles. The van der Waals surface area contributed by atoms with Gasteiger partial charge in [-0.2, -0.15) is 0 Å². The van der Waals surface area contributed by atoms with E-state index < -0.39 is 16.1 Å². The molecule has 31 heavy (non-hydrogen) atoms. The van der Waals surface area contributed by atoms with Gasteiger partial charge in [-0.15, -0.1) is 11.3 Å². The summed E-state index contributed by atoms with van der Waals surface area (Å²) in [6.07, 6.45) is 0. The fourth-order valence-electron chi connectivity index (χ4n) is 3.12. The van der Waals surface area contributed by atoms with E-state index in [0.717, 1.165) is 10.4 Å². The van der Waals surface area contributed by atoms with Crippen LogP contribution in [0.4, 0.5) is 15.5 Å². The summed E-state index contributed by atoms with van der Waals surface area (Å²) < 4.78 is 26.1. The number of nitrogens with zero attached hydrogens (tertiary/aromatic N) is 1. The summed E-state index contributed by atoms with van der Waals surface area (Å²) in [4.78, 5) is 28.3. The quantitative estimate of drug-likeness (QED) is 0.647. The molecule has 1 fully saturated rings. The average Bonchev–Trinajstić information content (AvgIpc) is 2.99. The van der Waals surface area contributed by atoms with Crippen LogP contribution in [-0.2, 0) is 15.4 Å². The standard InChI is InChI=1S/C21H28N4O4S2/c1-14-6-5-7-15(12-14)23-20(27)24-18-16(13-17(30-18)21(2,3)4)19(26)25-9-8-22-31(28,29)11-10-25/h5-7,12-13,22H,8-11H2,1-4H3,(H2,23,24,27). The zero-order valence-corrected chi connectivity index (χ0v) is 19.7. The van der Waals surface area contributed by atoms with Crippen molar-refractivity contribution in [3.05, 3.63) is 46.3 Å². The van der Waals surface area contributed by atoms with Gasteiger partial charge in [-0.1, -0.05) is 32.9 Å². The summed E-state index contributed by atoms with van der Waals surface area (Å²) in [5.74, 6) is -0.442. The molecule has 0 atom stereocenters. The van der Waals surface area contributed by atoms with Gasteiger partial charge >= 0.3 is 6.03 Å². The molecule has 2 heterocycles. The molecule has 0 bridgehead atoms. The summed E-state index contributed by atoms with van der Waals surface area (Å²) in [7, 11) is -3.37. The number of hydrogen-bond donors (Lipinski definition) is 3. The van der Waals surface area contributed by atoms with Gasteiger partial charge < -0.3 is 10.2 Å². The van der Waals surface area contributed by atoms with Crippen molar-refractivity contribution in [1.82, 2.24) is 9.62 Å². The molecule has 0 aliphatic carbocycles. The number of aryl methyl sites for hydroxylation is 1. The first-order valence-electron chi connectivity index (χ1n) is 10.0. The molecular weight excluding hydrogens is 436 g/mol. The summed E-state index contributed by atoms with van der Waals surface area (Å²) in [6, 6.07) is 8.78. The molecule has 1 aromatic carbocycles. The number of amides is 3. The monoisotopic (exact) mass is 464 g/mol. The number of thiophene rings is 1. The van der Waals surface area contributed by atoms with Gasteiger partial charge in [0.25, 0.3) is 5.91 Å². The second-order valence-corrected chi connectivity index (χ2v) is 11.5. The Kier molecular flexibility index (Phi) is 6.73. The van der Waals surface area contributed by atoms with Crippen LogP contribution in [-0.4, -0.2) is 50.6 Å². The minimum Gasteiger partial charge on any atom is -0.336 e. The molecule has 3 N–H and O–H groups in total. The first-order valence-corrected chi connectivity index (χ1v) is 12.5. The molecule has 0 unspecified atom stereocenters. The lowest BCUT2D eigenvalue weighted by Crippen LogP contribution is -2.35. The largest absolute Gasteiger partial charge is 0.336 e. The van der Waals surface area contributed by atoms with Gasteiger partial charge in [-0.25, -0.2) is 17.9 Å². The van der Waals surface area contributed by atoms with E-state index >= 15 is 0 Å². The van der Waals surface area contributed by atoms with Gasteiger partial charge in [-0.3, -0.25) is 10.1 Å². The third-order valence-corrected chi connectivity index (χ3v) is 7.67. The van der Waals surface area contributed by atoms with Gasteiger partial charge in [0.2, 0.25) is 10.0 Å². The van der Waals surface area contributed by atoms with E-state index in [0.29, 0.717) is 16.3 Å². The van der Waals surface area contributed by atoms with Crippen molar-refractivity contribution < 1.29 is 18.0 Å². The fourth-order valence-corrected chi connectivity index (χ4v) is 5.23. The predicted molar refractivity (Wildman–Crippen MR) is 125 cm³/mol. The zero-order valence-electron chi connectivity index (χ0n) is 18.1. The summed E-state index contributed by atoms with van der Waals surface area (Å²) in [5, 5.41) is 6.04. The van der Waals surface area contributed by atoms with Gasteiger partial charge in [-0.05, 0) is 36.1 Å².